The van der Waals surface area contributed by atoms with Crippen LogP contribution in [0.2, 0.25) is 0 Å². The molecule has 2 aromatic heterocycles. The second-order valence-corrected chi connectivity index (χ2v) is 7.83. The van der Waals surface area contributed by atoms with E-state index in [0.717, 1.165) is 24.1 Å². The van der Waals surface area contributed by atoms with E-state index < -0.39 is 0 Å². The van der Waals surface area contributed by atoms with Gasteiger partial charge in [0.1, 0.15) is 5.82 Å². The van der Waals surface area contributed by atoms with Gasteiger partial charge in [-0.3, -0.25) is 9.48 Å². The van der Waals surface area contributed by atoms with Gasteiger partial charge < -0.3 is 9.80 Å². The van der Waals surface area contributed by atoms with E-state index in [1.54, 1.807) is 30.2 Å². The van der Waals surface area contributed by atoms with Crippen molar-refractivity contribution >= 4 is 11.9 Å². The van der Waals surface area contributed by atoms with Crippen molar-refractivity contribution in [3.63, 3.8) is 0 Å². The van der Waals surface area contributed by atoms with E-state index >= 15 is 0 Å². The predicted molar refractivity (Wildman–Crippen MR) is 113 cm³/mol. The van der Waals surface area contributed by atoms with Crippen molar-refractivity contribution in [2.75, 3.05) is 25.5 Å². The number of benzene rings is 1. The van der Waals surface area contributed by atoms with Gasteiger partial charge >= 0.3 is 0 Å². The molecule has 1 aliphatic heterocycles. The van der Waals surface area contributed by atoms with Crippen LogP contribution in [0.5, 0.6) is 0 Å². The summed E-state index contributed by atoms with van der Waals surface area (Å²) in [5.74, 6) is 0.181. The Morgan fingerprint density at radius 1 is 1.30 bits per heavy atom. The van der Waals surface area contributed by atoms with Crippen molar-refractivity contribution in [1.29, 1.82) is 0 Å². The lowest BCUT2D eigenvalue weighted by molar-refractivity contribution is 0.0732. The molecule has 8 heteroatoms. The Morgan fingerprint density at radius 2 is 2.10 bits per heavy atom. The molecule has 0 aliphatic carbocycles. The molecule has 3 aromatic rings. The van der Waals surface area contributed by atoms with Gasteiger partial charge in [0.25, 0.3) is 5.91 Å². The van der Waals surface area contributed by atoms with Crippen molar-refractivity contribution in [3.05, 3.63) is 59.4 Å². The normalized spacial score (nSPS) is 16.2. The Balaban J connectivity index is 1.80. The molecule has 4 rings (SSSR count). The molecule has 0 unspecified atom stereocenters. The molecular formula is C22H25FN6O. The molecule has 30 heavy (non-hydrogen) atoms. The van der Waals surface area contributed by atoms with Crippen LogP contribution in [-0.4, -0.2) is 51.2 Å². The number of amides is 1. The maximum atomic E-state index is 13.9. The van der Waals surface area contributed by atoms with Crippen LogP contribution in [0.3, 0.4) is 0 Å². The number of nitrogens with zero attached hydrogens (tertiary/aromatic N) is 6. The average Bonchev–Trinajstić information content (AvgIpc) is 3.33. The second kappa shape index (κ2) is 7.85. The zero-order valence-electron chi connectivity index (χ0n) is 17.6. The average molecular weight is 408 g/mol. The number of hydrogen-bond donors (Lipinski definition) is 0. The number of aromatic nitrogens is 4. The highest BCUT2D eigenvalue weighted by Crippen LogP contribution is 2.38. The van der Waals surface area contributed by atoms with Crippen LogP contribution in [0.15, 0.2) is 36.7 Å². The number of likely N-dealkylation sites (tertiary alicyclic amines) is 1. The molecule has 0 bridgehead atoms. The highest BCUT2D eigenvalue weighted by atomic mass is 19.1. The van der Waals surface area contributed by atoms with Crippen LogP contribution < -0.4 is 4.90 Å². The zero-order valence-corrected chi connectivity index (χ0v) is 17.6. The van der Waals surface area contributed by atoms with Crippen LogP contribution >= 0.6 is 0 Å². The van der Waals surface area contributed by atoms with Gasteiger partial charge in [0, 0.05) is 45.6 Å². The fourth-order valence-corrected chi connectivity index (χ4v) is 3.99. The SMILES string of the molecule is Cc1nn(C)cc1C(=O)N1CCC[C@@H]1c1nc(N(C)C)ncc1-c1cccc(F)c1. The Kier molecular flexibility index (Phi) is 5.24. The van der Waals surface area contributed by atoms with Gasteiger partial charge in [-0.1, -0.05) is 12.1 Å². The van der Waals surface area contributed by atoms with Crippen LogP contribution in [0.25, 0.3) is 11.1 Å². The lowest BCUT2D eigenvalue weighted by atomic mass is 9.99. The molecule has 0 radical (unpaired) electrons. The monoisotopic (exact) mass is 408 g/mol. The van der Waals surface area contributed by atoms with E-state index in [4.69, 9.17) is 4.98 Å². The Labute approximate surface area is 175 Å². The summed E-state index contributed by atoms with van der Waals surface area (Å²) in [5, 5.41) is 4.31. The molecule has 0 N–H and O–H groups in total. The van der Waals surface area contributed by atoms with Crippen LogP contribution in [-0.2, 0) is 7.05 Å². The Morgan fingerprint density at radius 3 is 2.77 bits per heavy atom. The molecule has 7 nitrogen and oxygen atoms in total. The standard InChI is InChI=1S/C22H25FN6O/c1-14-18(13-28(4)26-14)21(30)29-10-6-9-19(29)20-17(12-24-22(25-20)27(2)3)15-7-5-8-16(23)11-15/h5,7-8,11-13,19H,6,9-10H2,1-4H3/t19-/m1/s1. The van der Waals surface area contributed by atoms with Crippen LogP contribution in [0.4, 0.5) is 10.3 Å². The molecule has 0 saturated carbocycles. The van der Waals surface area contributed by atoms with Gasteiger partial charge in [-0.25, -0.2) is 14.4 Å². The molecular weight excluding hydrogens is 383 g/mol. The van der Waals surface area contributed by atoms with E-state index in [1.165, 1.54) is 12.1 Å². The number of rotatable bonds is 4. The van der Waals surface area contributed by atoms with Crippen molar-refractivity contribution < 1.29 is 9.18 Å². The first kappa shape index (κ1) is 20.0. The van der Waals surface area contributed by atoms with E-state index in [0.29, 0.717) is 29.3 Å². The maximum Gasteiger partial charge on any atom is 0.257 e. The summed E-state index contributed by atoms with van der Waals surface area (Å²) in [4.78, 5) is 26.3. The minimum atomic E-state index is -0.319. The topological polar surface area (TPSA) is 67.2 Å². The van der Waals surface area contributed by atoms with Crippen molar-refractivity contribution in [2.45, 2.75) is 25.8 Å². The van der Waals surface area contributed by atoms with E-state index in [-0.39, 0.29) is 17.8 Å². The van der Waals surface area contributed by atoms with E-state index in [2.05, 4.69) is 10.1 Å². The third-order valence-corrected chi connectivity index (χ3v) is 5.41. The quantitative estimate of drug-likeness (QED) is 0.662. The largest absolute Gasteiger partial charge is 0.347 e. The highest BCUT2D eigenvalue weighted by Gasteiger charge is 2.35. The number of carbonyl (C=O) groups excluding carboxylic acids is 1. The van der Waals surface area contributed by atoms with Gasteiger partial charge in [0.05, 0.1) is 23.0 Å². The summed E-state index contributed by atoms with van der Waals surface area (Å²) in [5.41, 5.74) is 3.49. The summed E-state index contributed by atoms with van der Waals surface area (Å²) >= 11 is 0. The van der Waals surface area contributed by atoms with E-state index in [1.807, 2.05) is 36.9 Å². The first-order valence-corrected chi connectivity index (χ1v) is 9.96. The molecule has 0 spiro atoms. The first-order chi connectivity index (χ1) is 14.3. The van der Waals surface area contributed by atoms with Crippen LogP contribution in [0.1, 0.15) is 40.6 Å². The van der Waals surface area contributed by atoms with Crippen molar-refractivity contribution in [1.82, 2.24) is 24.6 Å². The van der Waals surface area contributed by atoms with Crippen molar-refractivity contribution in [2.24, 2.45) is 7.05 Å². The second-order valence-electron chi connectivity index (χ2n) is 7.83. The minimum Gasteiger partial charge on any atom is -0.347 e. The number of carbonyl (C=O) groups is 1. The van der Waals surface area contributed by atoms with Crippen molar-refractivity contribution in [3.8, 4) is 11.1 Å². The van der Waals surface area contributed by atoms with E-state index in [9.17, 15) is 9.18 Å². The van der Waals surface area contributed by atoms with Gasteiger partial charge in [-0.15, -0.1) is 0 Å². The van der Waals surface area contributed by atoms with Gasteiger partial charge in [-0.05, 0) is 37.5 Å². The summed E-state index contributed by atoms with van der Waals surface area (Å²) in [7, 11) is 5.55. The lowest BCUT2D eigenvalue weighted by Crippen LogP contribution is -2.32. The summed E-state index contributed by atoms with van der Waals surface area (Å²) in [6.45, 7) is 2.48. The number of hydrogen-bond acceptors (Lipinski definition) is 5. The molecule has 1 aliphatic rings. The van der Waals surface area contributed by atoms with Gasteiger partial charge in [-0.2, -0.15) is 5.10 Å². The Hall–Kier alpha value is -3.29. The fraction of sp³-hybridized carbons (Fsp3) is 0.364. The third-order valence-electron chi connectivity index (χ3n) is 5.41. The third kappa shape index (κ3) is 3.65. The number of anilines is 1. The molecule has 1 fully saturated rings. The van der Waals surface area contributed by atoms with Gasteiger partial charge in [0.15, 0.2) is 0 Å². The zero-order chi connectivity index (χ0) is 21.4. The number of aryl methyl sites for hydroxylation is 2. The predicted octanol–water partition coefficient (Wildman–Crippen LogP) is 3.37. The molecule has 1 aromatic carbocycles. The summed E-state index contributed by atoms with van der Waals surface area (Å²) in [6.07, 6.45) is 5.14. The van der Waals surface area contributed by atoms with Crippen LogP contribution in [0, 0.1) is 12.7 Å². The van der Waals surface area contributed by atoms with Gasteiger partial charge in [0.2, 0.25) is 5.95 Å². The molecule has 1 saturated heterocycles. The molecule has 156 valence electrons. The Bertz CT molecular complexity index is 1090. The lowest BCUT2D eigenvalue weighted by Gasteiger charge is -2.26. The maximum absolute atomic E-state index is 13.9. The summed E-state index contributed by atoms with van der Waals surface area (Å²) < 4.78 is 15.6. The molecule has 1 atom stereocenters. The first-order valence-electron chi connectivity index (χ1n) is 9.96. The highest BCUT2D eigenvalue weighted by molar-refractivity contribution is 5.95. The minimum absolute atomic E-state index is 0.0571. The molecule has 1 amide bonds. The molecule has 3 heterocycles. The fourth-order valence-electron chi connectivity index (χ4n) is 3.99. The number of halogens is 1. The summed E-state index contributed by atoms with van der Waals surface area (Å²) in [6, 6.07) is 6.19. The smallest absolute Gasteiger partial charge is 0.257 e.